The summed E-state index contributed by atoms with van der Waals surface area (Å²) < 4.78 is 0. The molecule has 1 N–H and O–H groups in total. The van der Waals surface area contributed by atoms with Gasteiger partial charge < -0.3 is 0 Å². The summed E-state index contributed by atoms with van der Waals surface area (Å²) >= 11 is 5.21. The van der Waals surface area contributed by atoms with Gasteiger partial charge in [-0.2, -0.15) is 0 Å². The fourth-order valence-electron chi connectivity index (χ4n) is 0.902. The second-order valence-electron chi connectivity index (χ2n) is 2.60. The summed E-state index contributed by atoms with van der Waals surface area (Å²) in [7, 11) is 0. The second-order valence-corrected chi connectivity index (χ2v) is 2.87. The second kappa shape index (κ2) is 4.24. The highest BCUT2D eigenvalue weighted by atomic mass is 35.5. The normalized spacial score (nSPS) is 9.83. The largest absolute Gasteiger partial charge is 0.293 e. The standard InChI is InChI=1S/C9H10ClNO/c1-7-2-4-8(5-3-7)9(12)6-11-10/h2-5,11H,6H2,1H3. The van der Waals surface area contributed by atoms with Gasteiger partial charge in [-0.1, -0.05) is 29.8 Å². The van der Waals surface area contributed by atoms with Crippen LogP contribution in [0.15, 0.2) is 24.3 Å². The Morgan fingerprint density at radius 2 is 2.00 bits per heavy atom. The van der Waals surface area contributed by atoms with Gasteiger partial charge >= 0.3 is 0 Å². The maximum absolute atomic E-state index is 11.2. The molecule has 0 heterocycles. The number of aryl methyl sites for hydroxylation is 1. The molecule has 1 aromatic rings. The minimum atomic E-state index is 0.00463. The van der Waals surface area contributed by atoms with E-state index >= 15 is 0 Å². The molecule has 0 radical (unpaired) electrons. The number of hydrogen-bond donors (Lipinski definition) is 1. The molecule has 3 heteroatoms. The van der Waals surface area contributed by atoms with E-state index in [1.807, 2.05) is 19.1 Å². The SMILES string of the molecule is Cc1ccc(C(=O)CNCl)cc1. The van der Waals surface area contributed by atoms with Crippen molar-refractivity contribution < 1.29 is 4.79 Å². The van der Waals surface area contributed by atoms with Gasteiger partial charge in [-0.15, -0.1) is 0 Å². The highest BCUT2D eigenvalue weighted by Crippen LogP contribution is 2.03. The number of ketones is 1. The monoisotopic (exact) mass is 183 g/mol. The molecule has 0 unspecified atom stereocenters. The minimum Gasteiger partial charge on any atom is -0.293 e. The minimum absolute atomic E-state index is 0.00463. The van der Waals surface area contributed by atoms with Crippen molar-refractivity contribution in [2.24, 2.45) is 0 Å². The molecule has 0 saturated carbocycles. The summed E-state index contributed by atoms with van der Waals surface area (Å²) in [5, 5.41) is 0. The van der Waals surface area contributed by atoms with Crippen LogP contribution in [0.25, 0.3) is 0 Å². The first kappa shape index (κ1) is 9.23. The van der Waals surface area contributed by atoms with E-state index in [1.54, 1.807) is 12.1 Å². The first-order valence-corrected chi connectivity index (χ1v) is 4.05. The Morgan fingerprint density at radius 1 is 1.42 bits per heavy atom. The fraction of sp³-hybridized carbons (Fsp3) is 0.222. The number of benzene rings is 1. The van der Waals surface area contributed by atoms with Crippen molar-refractivity contribution >= 4 is 17.6 Å². The molecule has 2 nitrogen and oxygen atoms in total. The quantitative estimate of drug-likeness (QED) is 0.573. The Hall–Kier alpha value is -0.860. The summed E-state index contributed by atoms with van der Waals surface area (Å²) in [6.45, 7) is 2.15. The van der Waals surface area contributed by atoms with Crippen molar-refractivity contribution in [1.82, 2.24) is 4.84 Å². The molecule has 0 aromatic heterocycles. The first-order valence-electron chi connectivity index (χ1n) is 3.67. The van der Waals surface area contributed by atoms with Crippen LogP contribution >= 0.6 is 11.8 Å². The number of hydrogen-bond acceptors (Lipinski definition) is 2. The van der Waals surface area contributed by atoms with Gasteiger partial charge in [0.25, 0.3) is 0 Å². The number of carbonyl (C=O) groups excluding carboxylic acids is 1. The van der Waals surface area contributed by atoms with E-state index in [0.717, 1.165) is 5.56 Å². The smallest absolute Gasteiger partial charge is 0.177 e. The van der Waals surface area contributed by atoms with Gasteiger partial charge in [0.15, 0.2) is 5.78 Å². The van der Waals surface area contributed by atoms with Crippen molar-refractivity contribution in [1.29, 1.82) is 0 Å². The fourth-order valence-corrected chi connectivity index (χ4v) is 1.02. The van der Waals surface area contributed by atoms with Crippen molar-refractivity contribution in [2.75, 3.05) is 6.54 Å². The van der Waals surface area contributed by atoms with Gasteiger partial charge in [0, 0.05) is 5.56 Å². The highest BCUT2D eigenvalue weighted by molar-refractivity contribution is 6.15. The van der Waals surface area contributed by atoms with E-state index in [9.17, 15) is 4.79 Å². The topological polar surface area (TPSA) is 29.1 Å². The van der Waals surface area contributed by atoms with Gasteiger partial charge in [-0.3, -0.25) is 4.79 Å². The molecule has 0 fully saturated rings. The Balaban J connectivity index is 2.75. The maximum Gasteiger partial charge on any atom is 0.177 e. The van der Waals surface area contributed by atoms with E-state index in [1.165, 1.54) is 0 Å². The third-order valence-corrected chi connectivity index (χ3v) is 1.73. The average molecular weight is 184 g/mol. The Labute approximate surface area is 76.7 Å². The molecule has 0 aliphatic carbocycles. The predicted octanol–water partition coefficient (Wildman–Crippen LogP) is 1.92. The third-order valence-electron chi connectivity index (χ3n) is 1.60. The number of rotatable bonds is 3. The molecule has 0 aliphatic rings. The summed E-state index contributed by atoms with van der Waals surface area (Å²) in [6, 6.07) is 7.40. The van der Waals surface area contributed by atoms with Crippen LogP contribution in [0.3, 0.4) is 0 Å². The molecular weight excluding hydrogens is 174 g/mol. The average Bonchev–Trinajstić information content (AvgIpc) is 2.06. The molecule has 0 atom stereocenters. The van der Waals surface area contributed by atoms with Crippen LogP contribution < -0.4 is 4.84 Å². The van der Waals surface area contributed by atoms with Gasteiger partial charge in [0.2, 0.25) is 0 Å². The third kappa shape index (κ3) is 2.32. The van der Waals surface area contributed by atoms with Gasteiger partial charge in [-0.25, -0.2) is 4.84 Å². The van der Waals surface area contributed by atoms with Gasteiger partial charge in [0.05, 0.1) is 6.54 Å². The summed E-state index contributed by atoms with van der Waals surface area (Å²) in [5.41, 5.74) is 1.83. The molecule has 0 spiro atoms. The van der Waals surface area contributed by atoms with Gasteiger partial charge in [-0.05, 0) is 18.7 Å². The zero-order chi connectivity index (χ0) is 8.97. The lowest BCUT2D eigenvalue weighted by Crippen LogP contribution is -2.14. The van der Waals surface area contributed by atoms with Gasteiger partial charge in [0.1, 0.15) is 0 Å². The zero-order valence-electron chi connectivity index (χ0n) is 6.80. The van der Waals surface area contributed by atoms with Crippen LogP contribution in [0.1, 0.15) is 15.9 Å². The number of halogens is 1. The Bertz CT molecular complexity index is 268. The number of nitrogens with one attached hydrogen (secondary N) is 1. The van der Waals surface area contributed by atoms with E-state index in [4.69, 9.17) is 11.8 Å². The number of Topliss-reactive ketones (excluding diaryl/α,β-unsaturated/α-hetero) is 1. The van der Waals surface area contributed by atoms with Crippen molar-refractivity contribution in [3.63, 3.8) is 0 Å². The lowest BCUT2D eigenvalue weighted by atomic mass is 10.1. The van der Waals surface area contributed by atoms with Crippen molar-refractivity contribution in [2.45, 2.75) is 6.92 Å². The molecule has 0 saturated heterocycles. The zero-order valence-corrected chi connectivity index (χ0v) is 7.56. The molecule has 0 bridgehead atoms. The van der Waals surface area contributed by atoms with E-state index in [0.29, 0.717) is 5.56 Å². The van der Waals surface area contributed by atoms with Crippen molar-refractivity contribution in [3.05, 3.63) is 35.4 Å². The van der Waals surface area contributed by atoms with Crippen molar-refractivity contribution in [3.8, 4) is 0 Å². The van der Waals surface area contributed by atoms with Crippen LogP contribution in [0.4, 0.5) is 0 Å². The molecule has 0 amide bonds. The van der Waals surface area contributed by atoms with Crippen LogP contribution in [0.5, 0.6) is 0 Å². The summed E-state index contributed by atoms with van der Waals surface area (Å²) in [6.07, 6.45) is 0. The summed E-state index contributed by atoms with van der Waals surface area (Å²) in [4.78, 5) is 13.5. The van der Waals surface area contributed by atoms with Crippen LogP contribution in [0, 0.1) is 6.92 Å². The maximum atomic E-state index is 11.2. The predicted molar refractivity (Wildman–Crippen MR) is 49.4 cm³/mol. The van der Waals surface area contributed by atoms with Crippen LogP contribution in [0.2, 0.25) is 0 Å². The Morgan fingerprint density at radius 3 is 2.50 bits per heavy atom. The molecule has 1 aromatic carbocycles. The lowest BCUT2D eigenvalue weighted by molar-refractivity contribution is 0.0997. The van der Waals surface area contributed by atoms with E-state index in [2.05, 4.69) is 4.84 Å². The molecule has 1 rings (SSSR count). The van der Waals surface area contributed by atoms with E-state index in [-0.39, 0.29) is 12.3 Å². The molecule has 12 heavy (non-hydrogen) atoms. The van der Waals surface area contributed by atoms with Crippen LogP contribution in [-0.4, -0.2) is 12.3 Å². The molecule has 0 aliphatic heterocycles. The number of carbonyl (C=O) groups is 1. The summed E-state index contributed by atoms with van der Waals surface area (Å²) in [5.74, 6) is 0.00463. The lowest BCUT2D eigenvalue weighted by Gasteiger charge is -1.98. The highest BCUT2D eigenvalue weighted by Gasteiger charge is 2.02. The molecule has 64 valence electrons. The molecular formula is C9H10ClNO. The Kier molecular flexibility index (Phi) is 3.26. The van der Waals surface area contributed by atoms with Crippen LogP contribution in [-0.2, 0) is 0 Å². The first-order chi connectivity index (χ1) is 5.74. The van der Waals surface area contributed by atoms with E-state index < -0.39 is 0 Å².